The van der Waals surface area contributed by atoms with Crippen LogP contribution in [0.3, 0.4) is 0 Å². The van der Waals surface area contributed by atoms with E-state index in [0.717, 1.165) is 13.1 Å². The number of rotatable bonds is 8. The summed E-state index contributed by atoms with van der Waals surface area (Å²) in [6.45, 7) is 10.7. The van der Waals surface area contributed by atoms with Gasteiger partial charge in [0.1, 0.15) is 0 Å². The van der Waals surface area contributed by atoms with Crippen LogP contribution in [0, 0.1) is 0 Å². The highest BCUT2D eigenvalue weighted by Crippen LogP contribution is 2.10. The predicted molar refractivity (Wildman–Crippen MR) is 86.3 cm³/mol. The number of carbonyl (C=O) groups is 1. The van der Waals surface area contributed by atoms with Gasteiger partial charge in [0, 0.05) is 24.7 Å². The molecule has 0 saturated heterocycles. The largest absolute Gasteiger partial charge is 0.393 e. The lowest BCUT2D eigenvalue weighted by Gasteiger charge is -2.24. The van der Waals surface area contributed by atoms with Crippen molar-refractivity contribution in [3.8, 4) is 0 Å². The van der Waals surface area contributed by atoms with Gasteiger partial charge in [0.05, 0.1) is 6.10 Å². The Hall–Kier alpha value is -1.39. The van der Waals surface area contributed by atoms with E-state index in [-0.39, 0.29) is 12.0 Å². The van der Waals surface area contributed by atoms with Crippen LogP contribution in [0.5, 0.6) is 0 Å². The van der Waals surface area contributed by atoms with Crippen LogP contribution >= 0.6 is 0 Å². The van der Waals surface area contributed by atoms with E-state index < -0.39 is 0 Å². The zero-order valence-corrected chi connectivity index (χ0v) is 13.6. The van der Waals surface area contributed by atoms with E-state index in [2.05, 4.69) is 31.0 Å². The van der Waals surface area contributed by atoms with Crippen molar-refractivity contribution >= 4 is 5.91 Å². The molecule has 4 heteroatoms. The quantitative estimate of drug-likeness (QED) is 0.773. The summed E-state index contributed by atoms with van der Waals surface area (Å²) in [6.07, 6.45) is 0.188. The Kier molecular flexibility index (Phi) is 7.40. The molecule has 1 atom stereocenters. The summed E-state index contributed by atoms with van der Waals surface area (Å²) in [4.78, 5) is 14.3. The second-order valence-corrected chi connectivity index (χ2v) is 5.75. The first kappa shape index (κ1) is 17.7. The molecule has 1 rings (SSSR count). The second kappa shape index (κ2) is 8.80. The number of aliphatic hydroxyl groups is 1. The zero-order chi connectivity index (χ0) is 15.8. The van der Waals surface area contributed by atoms with E-state index in [9.17, 15) is 4.79 Å². The number of amides is 1. The lowest BCUT2D eigenvalue weighted by molar-refractivity contribution is 0.0945. The SMILES string of the molecule is CCN(Cc1ccc(C(=O)NCCC(C)O)cc1)C(C)C. The third-order valence-electron chi connectivity index (χ3n) is 3.59. The molecule has 21 heavy (non-hydrogen) atoms. The van der Waals surface area contributed by atoms with Gasteiger partial charge in [-0.05, 0) is 51.4 Å². The van der Waals surface area contributed by atoms with Gasteiger partial charge in [-0.1, -0.05) is 19.1 Å². The molecule has 118 valence electrons. The molecule has 1 unspecified atom stereocenters. The van der Waals surface area contributed by atoms with Gasteiger partial charge < -0.3 is 10.4 Å². The van der Waals surface area contributed by atoms with Gasteiger partial charge >= 0.3 is 0 Å². The highest BCUT2D eigenvalue weighted by Gasteiger charge is 2.09. The van der Waals surface area contributed by atoms with Crippen molar-refractivity contribution in [3.05, 3.63) is 35.4 Å². The van der Waals surface area contributed by atoms with E-state index >= 15 is 0 Å². The molecule has 0 radical (unpaired) electrons. The third-order valence-corrected chi connectivity index (χ3v) is 3.59. The molecular formula is C17H28N2O2. The Morgan fingerprint density at radius 2 is 1.86 bits per heavy atom. The fourth-order valence-corrected chi connectivity index (χ4v) is 2.15. The molecule has 0 spiro atoms. The van der Waals surface area contributed by atoms with Gasteiger partial charge in [0.2, 0.25) is 0 Å². The molecule has 0 fully saturated rings. The summed E-state index contributed by atoms with van der Waals surface area (Å²) in [6, 6.07) is 8.25. The third kappa shape index (κ3) is 6.27. The molecule has 0 aliphatic carbocycles. The molecule has 2 N–H and O–H groups in total. The van der Waals surface area contributed by atoms with Crippen molar-refractivity contribution < 1.29 is 9.90 Å². The maximum absolute atomic E-state index is 11.9. The molecule has 0 heterocycles. The molecule has 0 saturated carbocycles. The minimum absolute atomic E-state index is 0.0848. The van der Waals surface area contributed by atoms with Crippen molar-refractivity contribution in [1.29, 1.82) is 0 Å². The van der Waals surface area contributed by atoms with Crippen LogP contribution in [0.1, 0.15) is 50.0 Å². The molecule has 0 aliphatic heterocycles. The summed E-state index contributed by atoms with van der Waals surface area (Å²) in [5.41, 5.74) is 1.88. The van der Waals surface area contributed by atoms with E-state index in [1.54, 1.807) is 6.92 Å². The second-order valence-electron chi connectivity index (χ2n) is 5.75. The lowest BCUT2D eigenvalue weighted by Crippen LogP contribution is -2.30. The maximum Gasteiger partial charge on any atom is 0.251 e. The molecule has 4 nitrogen and oxygen atoms in total. The number of nitrogens with zero attached hydrogens (tertiary/aromatic N) is 1. The van der Waals surface area contributed by atoms with Gasteiger partial charge in [-0.3, -0.25) is 9.69 Å². The van der Waals surface area contributed by atoms with Crippen LogP contribution < -0.4 is 5.32 Å². The monoisotopic (exact) mass is 292 g/mol. The van der Waals surface area contributed by atoms with Gasteiger partial charge in [-0.25, -0.2) is 0 Å². The molecule has 1 amide bonds. The van der Waals surface area contributed by atoms with Crippen molar-refractivity contribution in [1.82, 2.24) is 10.2 Å². The number of aliphatic hydroxyl groups excluding tert-OH is 1. The van der Waals surface area contributed by atoms with Crippen LogP contribution in [0.4, 0.5) is 0 Å². The zero-order valence-electron chi connectivity index (χ0n) is 13.6. The topological polar surface area (TPSA) is 52.6 Å². The smallest absolute Gasteiger partial charge is 0.251 e. The minimum atomic E-state index is -0.385. The van der Waals surface area contributed by atoms with E-state index in [1.165, 1.54) is 5.56 Å². The Bertz CT molecular complexity index is 427. The normalized spacial score (nSPS) is 12.7. The lowest BCUT2D eigenvalue weighted by atomic mass is 10.1. The fourth-order valence-electron chi connectivity index (χ4n) is 2.15. The first-order valence-electron chi connectivity index (χ1n) is 7.73. The minimum Gasteiger partial charge on any atom is -0.393 e. The summed E-state index contributed by atoms with van der Waals surface area (Å²) in [5.74, 6) is -0.0848. The standard InChI is InChI=1S/C17H28N2O2/c1-5-19(13(2)3)12-15-6-8-16(9-7-15)17(21)18-11-10-14(4)20/h6-9,13-14,20H,5,10-12H2,1-4H3,(H,18,21). The molecule has 1 aromatic rings. The number of carbonyl (C=O) groups excluding carboxylic acids is 1. The maximum atomic E-state index is 11.9. The van der Waals surface area contributed by atoms with E-state index in [4.69, 9.17) is 5.11 Å². The van der Waals surface area contributed by atoms with Crippen molar-refractivity contribution in [2.24, 2.45) is 0 Å². The molecule has 0 bridgehead atoms. The number of benzene rings is 1. The number of nitrogens with one attached hydrogen (secondary N) is 1. The summed E-state index contributed by atoms with van der Waals surface area (Å²) in [7, 11) is 0. The first-order valence-corrected chi connectivity index (χ1v) is 7.73. The Balaban J connectivity index is 2.55. The number of hydrogen-bond acceptors (Lipinski definition) is 3. The van der Waals surface area contributed by atoms with Crippen LogP contribution in [-0.4, -0.2) is 41.1 Å². The van der Waals surface area contributed by atoms with Crippen LogP contribution in [0.15, 0.2) is 24.3 Å². The van der Waals surface area contributed by atoms with Gasteiger partial charge in [0.25, 0.3) is 5.91 Å². The van der Waals surface area contributed by atoms with Gasteiger partial charge in [-0.2, -0.15) is 0 Å². The van der Waals surface area contributed by atoms with Crippen molar-refractivity contribution in [3.63, 3.8) is 0 Å². The highest BCUT2D eigenvalue weighted by atomic mass is 16.3. The first-order chi connectivity index (χ1) is 9.93. The molecule has 1 aromatic carbocycles. The average Bonchev–Trinajstić information content (AvgIpc) is 2.44. The highest BCUT2D eigenvalue weighted by molar-refractivity contribution is 5.94. The molecular weight excluding hydrogens is 264 g/mol. The van der Waals surface area contributed by atoms with Crippen molar-refractivity contribution in [2.45, 2.75) is 52.8 Å². The molecule has 0 aromatic heterocycles. The van der Waals surface area contributed by atoms with Crippen LogP contribution in [-0.2, 0) is 6.54 Å². The Labute approximate surface area is 128 Å². The number of hydrogen-bond donors (Lipinski definition) is 2. The summed E-state index contributed by atoms with van der Waals surface area (Å²) in [5, 5.41) is 12.0. The predicted octanol–water partition coefficient (Wildman–Crippen LogP) is 2.42. The summed E-state index contributed by atoms with van der Waals surface area (Å²) >= 11 is 0. The van der Waals surface area contributed by atoms with Crippen molar-refractivity contribution in [2.75, 3.05) is 13.1 Å². The van der Waals surface area contributed by atoms with E-state index in [0.29, 0.717) is 24.6 Å². The van der Waals surface area contributed by atoms with E-state index in [1.807, 2.05) is 24.3 Å². The average molecular weight is 292 g/mol. The van der Waals surface area contributed by atoms with Crippen LogP contribution in [0.2, 0.25) is 0 Å². The van der Waals surface area contributed by atoms with Gasteiger partial charge in [-0.15, -0.1) is 0 Å². The van der Waals surface area contributed by atoms with Crippen LogP contribution in [0.25, 0.3) is 0 Å². The Morgan fingerprint density at radius 1 is 1.24 bits per heavy atom. The molecule has 0 aliphatic rings. The summed E-state index contributed by atoms with van der Waals surface area (Å²) < 4.78 is 0. The Morgan fingerprint density at radius 3 is 2.33 bits per heavy atom. The van der Waals surface area contributed by atoms with Gasteiger partial charge in [0.15, 0.2) is 0 Å². The fraction of sp³-hybridized carbons (Fsp3) is 0.588.